The highest BCUT2D eigenvalue weighted by Crippen LogP contribution is 2.19. The van der Waals surface area contributed by atoms with E-state index in [1.54, 1.807) is 0 Å². The Morgan fingerprint density at radius 2 is 2.19 bits per heavy atom. The minimum Gasteiger partial charge on any atom is -0.338 e. The van der Waals surface area contributed by atoms with Crippen molar-refractivity contribution in [1.82, 2.24) is 9.80 Å². The number of nitrogens with zero attached hydrogens (tertiary/aromatic N) is 2. The highest BCUT2D eigenvalue weighted by molar-refractivity contribution is 6.17. The topological polar surface area (TPSA) is 23.6 Å². The lowest BCUT2D eigenvalue weighted by atomic mass is 10.2. The molecular weight excluding hydrogens is 224 g/mol. The summed E-state index contributed by atoms with van der Waals surface area (Å²) in [4.78, 5) is 16.2. The zero-order valence-electron chi connectivity index (χ0n) is 10.4. The number of rotatable bonds is 6. The molecular formula is C12H23ClN2O. The lowest BCUT2D eigenvalue weighted by Gasteiger charge is -2.27. The summed E-state index contributed by atoms with van der Waals surface area (Å²) in [6, 6.07) is 0.429. The molecule has 4 heteroatoms. The van der Waals surface area contributed by atoms with Crippen LogP contribution in [-0.2, 0) is 4.79 Å². The number of halogens is 1. The number of likely N-dealkylation sites (tertiary alicyclic amines) is 1. The second kappa shape index (κ2) is 7.13. The Balaban J connectivity index is 2.35. The molecule has 16 heavy (non-hydrogen) atoms. The molecule has 0 radical (unpaired) electrons. The van der Waals surface area contributed by atoms with Gasteiger partial charge in [0.15, 0.2) is 0 Å². The first-order valence-electron chi connectivity index (χ1n) is 6.15. The van der Waals surface area contributed by atoms with Gasteiger partial charge in [-0.15, -0.1) is 11.6 Å². The molecule has 0 aromatic carbocycles. The predicted molar refractivity (Wildman–Crippen MR) is 67.9 cm³/mol. The monoisotopic (exact) mass is 246 g/mol. The quantitative estimate of drug-likeness (QED) is 0.528. The zero-order valence-corrected chi connectivity index (χ0v) is 11.2. The van der Waals surface area contributed by atoms with Gasteiger partial charge in [-0.2, -0.15) is 0 Å². The zero-order chi connectivity index (χ0) is 12.0. The van der Waals surface area contributed by atoms with E-state index in [0.717, 1.165) is 38.8 Å². The third kappa shape index (κ3) is 4.30. The first-order valence-corrected chi connectivity index (χ1v) is 6.68. The Hall–Kier alpha value is -0.280. The van der Waals surface area contributed by atoms with Gasteiger partial charge in [0.25, 0.3) is 0 Å². The number of carbonyl (C=O) groups is 1. The summed E-state index contributed by atoms with van der Waals surface area (Å²) in [5.41, 5.74) is 0. The van der Waals surface area contributed by atoms with Gasteiger partial charge in [0.2, 0.25) is 5.91 Å². The third-order valence-electron chi connectivity index (χ3n) is 3.05. The Kier molecular flexibility index (Phi) is 6.14. The molecule has 1 heterocycles. The maximum atomic E-state index is 12.0. The van der Waals surface area contributed by atoms with E-state index >= 15 is 0 Å². The summed E-state index contributed by atoms with van der Waals surface area (Å²) in [7, 11) is 4.13. The molecule has 0 spiro atoms. The molecule has 0 aromatic rings. The van der Waals surface area contributed by atoms with Crippen molar-refractivity contribution in [2.45, 2.75) is 38.1 Å². The first-order chi connectivity index (χ1) is 7.65. The molecule has 1 aliphatic rings. The van der Waals surface area contributed by atoms with Gasteiger partial charge in [-0.3, -0.25) is 4.79 Å². The van der Waals surface area contributed by atoms with E-state index in [2.05, 4.69) is 23.9 Å². The molecule has 0 bridgehead atoms. The van der Waals surface area contributed by atoms with Crippen LogP contribution in [0.2, 0.25) is 0 Å². The summed E-state index contributed by atoms with van der Waals surface area (Å²) < 4.78 is 0. The highest BCUT2D eigenvalue weighted by atomic mass is 35.5. The van der Waals surface area contributed by atoms with E-state index < -0.39 is 0 Å². The van der Waals surface area contributed by atoms with E-state index in [-0.39, 0.29) is 0 Å². The minimum absolute atomic E-state index is 0.314. The number of unbranched alkanes of at least 4 members (excludes halogenated alkanes) is 1. The number of hydrogen-bond donors (Lipinski definition) is 0. The summed E-state index contributed by atoms with van der Waals surface area (Å²) in [5.74, 6) is 0.975. The molecule has 0 saturated carbocycles. The molecule has 1 saturated heterocycles. The standard InChI is InChI=1S/C12H23ClN2O/c1-14(2)10-11-6-5-9-15(11)12(16)7-3-4-8-13/h11H,3-10H2,1-2H3. The van der Waals surface area contributed by atoms with Gasteiger partial charge < -0.3 is 9.80 Å². The van der Waals surface area contributed by atoms with Gasteiger partial charge in [-0.25, -0.2) is 0 Å². The third-order valence-corrected chi connectivity index (χ3v) is 3.31. The van der Waals surface area contributed by atoms with Gasteiger partial charge in [-0.05, 0) is 39.8 Å². The van der Waals surface area contributed by atoms with E-state index in [1.807, 2.05) is 0 Å². The van der Waals surface area contributed by atoms with Gasteiger partial charge in [0.1, 0.15) is 0 Å². The van der Waals surface area contributed by atoms with Crippen LogP contribution in [0.25, 0.3) is 0 Å². The molecule has 1 rings (SSSR count). The summed E-state index contributed by atoms with van der Waals surface area (Å²) >= 11 is 5.61. The van der Waals surface area contributed by atoms with Crippen LogP contribution in [0.15, 0.2) is 0 Å². The maximum Gasteiger partial charge on any atom is 0.222 e. The molecule has 0 aliphatic carbocycles. The second-order valence-electron chi connectivity index (χ2n) is 4.79. The number of carbonyl (C=O) groups excluding carboxylic acids is 1. The molecule has 94 valence electrons. The van der Waals surface area contributed by atoms with Crippen molar-refractivity contribution in [3.05, 3.63) is 0 Å². The van der Waals surface area contributed by atoms with Crippen LogP contribution in [-0.4, -0.2) is 54.8 Å². The Morgan fingerprint density at radius 1 is 1.44 bits per heavy atom. The summed E-state index contributed by atoms with van der Waals surface area (Å²) in [5, 5.41) is 0. The lowest BCUT2D eigenvalue weighted by Crippen LogP contribution is -2.41. The van der Waals surface area contributed by atoms with Crippen molar-refractivity contribution in [2.24, 2.45) is 0 Å². The van der Waals surface area contributed by atoms with Crippen molar-refractivity contribution in [3.8, 4) is 0 Å². The van der Waals surface area contributed by atoms with E-state index in [9.17, 15) is 4.79 Å². The number of hydrogen-bond acceptors (Lipinski definition) is 2. The first kappa shape index (κ1) is 13.8. The van der Waals surface area contributed by atoms with Crippen LogP contribution >= 0.6 is 11.6 Å². The average Bonchev–Trinajstić information content (AvgIpc) is 2.65. The van der Waals surface area contributed by atoms with Gasteiger partial charge in [-0.1, -0.05) is 0 Å². The molecule has 1 amide bonds. The maximum absolute atomic E-state index is 12.0. The van der Waals surface area contributed by atoms with Crippen LogP contribution in [0, 0.1) is 0 Å². The predicted octanol–water partition coefficient (Wildman–Crippen LogP) is 1.95. The van der Waals surface area contributed by atoms with Gasteiger partial charge in [0, 0.05) is 31.4 Å². The lowest BCUT2D eigenvalue weighted by molar-refractivity contribution is -0.132. The van der Waals surface area contributed by atoms with Gasteiger partial charge in [0.05, 0.1) is 0 Å². The Bertz CT molecular complexity index is 221. The smallest absolute Gasteiger partial charge is 0.222 e. The fraction of sp³-hybridized carbons (Fsp3) is 0.917. The number of amides is 1. The highest BCUT2D eigenvalue weighted by Gasteiger charge is 2.28. The van der Waals surface area contributed by atoms with Crippen LogP contribution in [0.1, 0.15) is 32.1 Å². The summed E-state index contributed by atoms with van der Waals surface area (Å²) in [6.45, 7) is 1.93. The average molecular weight is 247 g/mol. The van der Waals surface area contributed by atoms with E-state index in [4.69, 9.17) is 11.6 Å². The van der Waals surface area contributed by atoms with Crippen LogP contribution in [0.4, 0.5) is 0 Å². The molecule has 1 aliphatic heterocycles. The second-order valence-corrected chi connectivity index (χ2v) is 5.17. The normalized spacial score (nSPS) is 20.8. The fourth-order valence-electron chi connectivity index (χ4n) is 2.29. The molecule has 1 atom stereocenters. The van der Waals surface area contributed by atoms with Gasteiger partial charge >= 0.3 is 0 Å². The molecule has 0 aromatic heterocycles. The van der Waals surface area contributed by atoms with Crippen molar-refractivity contribution in [3.63, 3.8) is 0 Å². The minimum atomic E-state index is 0.314. The van der Waals surface area contributed by atoms with Crippen molar-refractivity contribution in [2.75, 3.05) is 33.1 Å². The fourth-order valence-corrected chi connectivity index (χ4v) is 2.48. The van der Waals surface area contributed by atoms with Crippen molar-refractivity contribution in [1.29, 1.82) is 0 Å². The Labute approximate surface area is 104 Å². The molecule has 1 unspecified atom stereocenters. The molecule has 3 nitrogen and oxygen atoms in total. The van der Waals surface area contributed by atoms with Crippen molar-refractivity contribution < 1.29 is 4.79 Å². The van der Waals surface area contributed by atoms with Crippen LogP contribution < -0.4 is 0 Å². The molecule has 1 fully saturated rings. The van der Waals surface area contributed by atoms with E-state index in [1.165, 1.54) is 0 Å². The number of likely N-dealkylation sites (N-methyl/N-ethyl adjacent to an activating group) is 1. The van der Waals surface area contributed by atoms with Crippen molar-refractivity contribution >= 4 is 17.5 Å². The van der Waals surface area contributed by atoms with Crippen LogP contribution in [0.5, 0.6) is 0 Å². The summed E-state index contributed by atoms with van der Waals surface area (Å²) in [6.07, 6.45) is 4.84. The largest absolute Gasteiger partial charge is 0.338 e. The number of alkyl halides is 1. The Morgan fingerprint density at radius 3 is 2.81 bits per heavy atom. The van der Waals surface area contributed by atoms with E-state index in [0.29, 0.717) is 24.2 Å². The SMILES string of the molecule is CN(C)CC1CCCN1C(=O)CCCCCl. The molecule has 0 N–H and O–H groups in total. The van der Waals surface area contributed by atoms with Crippen LogP contribution in [0.3, 0.4) is 0 Å².